The fourth-order valence-corrected chi connectivity index (χ4v) is 3.61. The predicted molar refractivity (Wildman–Crippen MR) is 115 cm³/mol. The van der Waals surface area contributed by atoms with Crippen LogP contribution in [0.25, 0.3) is 0 Å². The van der Waals surface area contributed by atoms with Gasteiger partial charge in [0.05, 0.1) is 0 Å². The third-order valence-electron chi connectivity index (χ3n) is 5.07. The van der Waals surface area contributed by atoms with Gasteiger partial charge in [-0.05, 0) is 41.7 Å². The number of carbonyl (C=O) groups is 2. The fraction of sp³-hybridized carbons (Fsp3) is 0.200. The summed E-state index contributed by atoms with van der Waals surface area (Å²) in [4.78, 5) is 23.0. The minimum atomic E-state index is -1.04. The molecule has 0 saturated carbocycles. The van der Waals surface area contributed by atoms with Gasteiger partial charge < -0.3 is 15.6 Å². The first-order chi connectivity index (χ1) is 14.5. The van der Waals surface area contributed by atoms with Crippen molar-refractivity contribution in [3.63, 3.8) is 0 Å². The summed E-state index contributed by atoms with van der Waals surface area (Å²) >= 11 is 0. The second-order valence-electron chi connectivity index (χ2n) is 7.24. The van der Waals surface area contributed by atoms with E-state index in [-0.39, 0.29) is 17.7 Å². The Labute approximate surface area is 176 Å². The van der Waals surface area contributed by atoms with Crippen LogP contribution >= 0.6 is 0 Å². The molecule has 1 atom stereocenters. The molecule has 5 nitrogen and oxygen atoms in total. The van der Waals surface area contributed by atoms with Gasteiger partial charge >= 0.3 is 5.97 Å². The van der Waals surface area contributed by atoms with Crippen molar-refractivity contribution in [2.24, 2.45) is 11.7 Å². The van der Waals surface area contributed by atoms with Crippen LogP contribution in [0.1, 0.15) is 29.0 Å². The van der Waals surface area contributed by atoms with Crippen LogP contribution in [0.5, 0.6) is 5.75 Å². The molecular weight excluding hydrogens is 378 g/mol. The van der Waals surface area contributed by atoms with Gasteiger partial charge in [-0.1, -0.05) is 72.8 Å². The zero-order valence-corrected chi connectivity index (χ0v) is 16.6. The highest BCUT2D eigenvalue weighted by Crippen LogP contribution is 2.32. The first kappa shape index (κ1) is 21.1. The van der Waals surface area contributed by atoms with Crippen molar-refractivity contribution in [1.29, 1.82) is 0 Å². The van der Waals surface area contributed by atoms with Gasteiger partial charge in [0.15, 0.2) is 6.61 Å². The molecule has 5 heteroatoms. The largest absolute Gasteiger partial charge is 0.482 e. The van der Waals surface area contributed by atoms with Crippen LogP contribution in [0.2, 0.25) is 0 Å². The molecule has 0 aromatic heterocycles. The van der Waals surface area contributed by atoms with E-state index >= 15 is 0 Å². The van der Waals surface area contributed by atoms with Crippen molar-refractivity contribution in [1.82, 2.24) is 0 Å². The van der Waals surface area contributed by atoms with Crippen molar-refractivity contribution in [2.45, 2.75) is 18.8 Å². The quantitative estimate of drug-likeness (QED) is 0.535. The normalized spacial score (nSPS) is 11.8. The molecule has 0 bridgehead atoms. The zero-order valence-electron chi connectivity index (χ0n) is 16.6. The highest BCUT2D eigenvalue weighted by molar-refractivity contribution is 5.77. The Morgan fingerprint density at radius 1 is 0.867 bits per heavy atom. The van der Waals surface area contributed by atoms with Crippen LogP contribution < -0.4 is 10.5 Å². The van der Waals surface area contributed by atoms with Gasteiger partial charge in [0.25, 0.3) is 0 Å². The molecule has 1 unspecified atom stereocenters. The van der Waals surface area contributed by atoms with Gasteiger partial charge in [-0.2, -0.15) is 0 Å². The number of hydrogen-bond donors (Lipinski definition) is 2. The number of ether oxygens (including phenoxy) is 1. The summed E-state index contributed by atoms with van der Waals surface area (Å²) in [6, 6.07) is 27.3. The number of amides is 1. The lowest BCUT2D eigenvalue weighted by molar-refractivity contribution is -0.139. The van der Waals surface area contributed by atoms with Crippen molar-refractivity contribution >= 4 is 11.9 Å². The summed E-state index contributed by atoms with van der Waals surface area (Å²) in [5.41, 5.74) is 8.92. The van der Waals surface area contributed by atoms with Gasteiger partial charge in [0, 0.05) is 11.8 Å². The lowest BCUT2D eigenvalue weighted by Crippen LogP contribution is -2.27. The molecule has 3 aromatic rings. The number of aliphatic carboxylic acids is 1. The van der Waals surface area contributed by atoms with E-state index in [1.165, 1.54) is 0 Å². The van der Waals surface area contributed by atoms with Crippen LogP contribution in [-0.4, -0.2) is 23.6 Å². The lowest BCUT2D eigenvalue weighted by atomic mass is 9.81. The number of nitrogens with two attached hydrogens (primary N) is 1. The SMILES string of the molecule is NC(=O)C(Cc1cccc(OCC(=O)O)c1)CC(c1ccccc1)c1ccccc1. The van der Waals surface area contributed by atoms with Crippen molar-refractivity contribution in [2.75, 3.05) is 6.61 Å². The summed E-state index contributed by atoms with van der Waals surface area (Å²) in [6.45, 7) is -0.410. The molecule has 3 rings (SSSR count). The Morgan fingerprint density at radius 2 is 1.47 bits per heavy atom. The molecule has 1 amide bonds. The van der Waals surface area contributed by atoms with E-state index in [1.807, 2.05) is 42.5 Å². The van der Waals surface area contributed by atoms with Crippen LogP contribution in [0.15, 0.2) is 84.9 Å². The molecule has 30 heavy (non-hydrogen) atoms. The molecule has 3 N–H and O–H groups in total. The van der Waals surface area contributed by atoms with Crippen molar-refractivity contribution < 1.29 is 19.4 Å². The van der Waals surface area contributed by atoms with E-state index in [0.717, 1.165) is 16.7 Å². The molecule has 154 valence electrons. The molecule has 0 heterocycles. The maximum Gasteiger partial charge on any atom is 0.341 e. The molecule has 3 aromatic carbocycles. The van der Waals surface area contributed by atoms with E-state index in [1.54, 1.807) is 18.2 Å². The molecule has 0 spiro atoms. The van der Waals surface area contributed by atoms with E-state index in [4.69, 9.17) is 15.6 Å². The van der Waals surface area contributed by atoms with E-state index in [9.17, 15) is 9.59 Å². The summed E-state index contributed by atoms with van der Waals surface area (Å²) in [5.74, 6) is -1.28. The summed E-state index contributed by atoms with van der Waals surface area (Å²) < 4.78 is 5.25. The maximum absolute atomic E-state index is 12.3. The highest BCUT2D eigenvalue weighted by Gasteiger charge is 2.24. The van der Waals surface area contributed by atoms with Gasteiger partial charge in [0.1, 0.15) is 5.75 Å². The van der Waals surface area contributed by atoms with Gasteiger partial charge in [-0.3, -0.25) is 4.79 Å². The number of benzene rings is 3. The molecule has 0 saturated heterocycles. The van der Waals surface area contributed by atoms with Crippen molar-refractivity contribution in [3.8, 4) is 5.75 Å². The Bertz CT molecular complexity index is 933. The average Bonchev–Trinajstić information content (AvgIpc) is 2.76. The number of carboxylic acid groups (broad SMARTS) is 1. The minimum absolute atomic E-state index is 0.0383. The molecular formula is C25H25NO4. The zero-order chi connectivity index (χ0) is 21.3. The number of primary amides is 1. The third kappa shape index (κ3) is 5.95. The minimum Gasteiger partial charge on any atom is -0.482 e. The number of carboxylic acids is 1. The number of hydrogen-bond acceptors (Lipinski definition) is 3. The molecule has 0 aliphatic heterocycles. The Kier molecular flexibility index (Phi) is 7.22. The van der Waals surface area contributed by atoms with Crippen LogP contribution in [-0.2, 0) is 16.0 Å². The van der Waals surface area contributed by atoms with E-state index in [2.05, 4.69) is 24.3 Å². The predicted octanol–water partition coefficient (Wildman–Crippen LogP) is 4.02. The third-order valence-corrected chi connectivity index (χ3v) is 5.07. The summed E-state index contributed by atoms with van der Waals surface area (Å²) in [5, 5.41) is 8.79. The smallest absolute Gasteiger partial charge is 0.341 e. The van der Waals surface area contributed by atoms with Crippen LogP contribution in [0.4, 0.5) is 0 Å². The first-order valence-corrected chi connectivity index (χ1v) is 9.85. The van der Waals surface area contributed by atoms with Crippen LogP contribution in [0.3, 0.4) is 0 Å². The number of rotatable bonds is 10. The highest BCUT2D eigenvalue weighted by atomic mass is 16.5. The second kappa shape index (κ2) is 10.3. The average molecular weight is 403 g/mol. The van der Waals surface area contributed by atoms with Gasteiger partial charge in [-0.15, -0.1) is 0 Å². The van der Waals surface area contributed by atoms with Gasteiger partial charge in [0.2, 0.25) is 5.91 Å². The summed E-state index contributed by atoms with van der Waals surface area (Å²) in [7, 11) is 0. The molecule has 0 radical (unpaired) electrons. The lowest BCUT2D eigenvalue weighted by Gasteiger charge is -2.23. The Hall–Kier alpha value is -3.60. The first-order valence-electron chi connectivity index (χ1n) is 9.85. The van der Waals surface area contributed by atoms with Gasteiger partial charge in [-0.25, -0.2) is 4.79 Å². The van der Waals surface area contributed by atoms with E-state index in [0.29, 0.717) is 18.6 Å². The number of carbonyl (C=O) groups excluding carboxylic acids is 1. The Balaban J connectivity index is 1.82. The second-order valence-corrected chi connectivity index (χ2v) is 7.24. The summed E-state index contributed by atoms with van der Waals surface area (Å²) in [6.07, 6.45) is 1.03. The molecule has 0 aliphatic rings. The van der Waals surface area contributed by atoms with E-state index < -0.39 is 12.6 Å². The Morgan fingerprint density at radius 3 is 2.00 bits per heavy atom. The molecule has 0 fully saturated rings. The monoisotopic (exact) mass is 403 g/mol. The maximum atomic E-state index is 12.3. The fourth-order valence-electron chi connectivity index (χ4n) is 3.61. The van der Waals surface area contributed by atoms with Crippen molar-refractivity contribution in [3.05, 3.63) is 102 Å². The topological polar surface area (TPSA) is 89.6 Å². The molecule has 0 aliphatic carbocycles. The standard InChI is InChI=1S/C25H25NO4/c26-25(29)21(14-18-8-7-13-22(15-18)30-17-24(27)28)16-23(19-9-3-1-4-10-19)20-11-5-2-6-12-20/h1-13,15,21,23H,14,16-17H2,(H2,26,29)(H,27,28). The van der Waals surface area contributed by atoms with Crippen LogP contribution in [0, 0.1) is 5.92 Å².